The number of nitrogens with one attached hydrogen (secondary N) is 1. The van der Waals surface area contributed by atoms with Crippen molar-refractivity contribution in [2.45, 2.75) is 148 Å². The molecule has 0 aliphatic carbocycles. The highest BCUT2D eigenvalue weighted by molar-refractivity contribution is 5.76. The zero-order valence-corrected chi connectivity index (χ0v) is 19.3. The van der Waals surface area contributed by atoms with Gasteiger partial charge < -0.3 is 10.4 Å². The van der Waals surface area contributed by atoms with E-state index in [2.05, 4.69) is 19.2 Å². The molecule has 0 aromatic rings. The van der Waals surface area contributed by atoms with Crippen molar-refractivity contribution in [3.8, 4) is 0 Å². The van der Waals surface area contributed by atoms with Crippen molar-refractivity contribution in [1.29, 1.82) is 0 Å². The first kappa shape index (κ1) is 27.4. The molecule has 1 unspecified atom stereocenters. The van der Waals surface area contributed by atoms with Gasteiger partial charge >= 0.3 is 0 Å². The second-order valence-corrected chi connectivity index (χ2v) is 8.64. The van der Waals surface area contributed by atoms with Crippen LogP contribution in [0.1, 0.15) is 142 Å². The molecule has 1 amide bonds. The Morgan fingerprint density at radius 1 is 0.643 bits per heavy atom. The van der Waals surface area contributed by atoms with E-state index in [-0.39, 0.29) is 18.6 Å². The minimum Gasteiger partial charge on any atom is -0.394 e. The maximum Gasteiger partial charge on any atom is 0.220 e. The van der Waals surface area contributed by atoms with Crippen LogP contribution in [-0.4, -0.2) is 23.7 Å². The van der Waals surface area contributed by atoms with Crippen molar-refractivity contribution >= 4 is 5.91 Å². The van der Waals surface area contributed by atoms with Crippen LogP contribution in [0.4, 0.5) is 0 Å². The summed E-state index contributed by atoms with van der Waals surface area (Å²) in [7, 11) is 0. The largest absolute Gasteiger partial charge is 0.394 e. The Bertz CT molecular complexity index is 320. The molecular formula is C25H51NO2. The summed E-state index contributed by atoms with van der Waals surface area (Å²) in [5.74, 6) is 0.105. The summed E-state index contributed by atoms with van der Waals surface area (Å²) in [6, 6.07) is -0.0525. The van der Waals surface area contributed by atoms with Crippen LogP contribution in [0.25, 0.3) is 0 Å². The van der Waals surface area contributed by atoms with Gasteiger partial charge in [0.2, 0.25) is 5.91 Å². The number of aliphatic hydroxyl groups excluding tert-OH is 1. The molecule has 0 spiro atoms. The summed E-state index contributed by atoms with van der Waals surface area (Å²) >= 11 is 0. The minimum absolute atomic E-state index is 0.0525. The maximum atomic E-state index is 11.8. The Morgan fingerprint density at radius 3 is 1.39 bits per heavy atom. The van der Waals surface area contributed by atoms with Crippen molar-refractivity contribution in [3.05, 3.63) is 0 Å². The van der Waals surface area contributed by atoms with Crippen molar-refractivity contribution in [3.63, 3.8) is 0 Å². The highest BCUT2D eigenvalue weighted by Gasteiger charge is 2.09. The molecule has 0 rings (SSSR count). The molecular weight excluding hydrogens is 346 g/mol. The molecule has 0 saturated heterocycles. The van der Waals surface area contributed by atoms with E-state index in [1.165, 1.54) is 96.3 Å². The minimum atomic E-state index is -0.0525. The highest BCUT2D eigenvalue weighted by Crippen LogP contribution is 2.14. The predicted octanol–water partition coefficient (Wildman–Crippen LogP) is 7.31. The van der Waals surface area contributed by atoms with E-state index >= 15 is 0 Å². The van der Waals surface area contributed by atoms with Gasteiger partial charge in [-0.3, -0.25) is 4.79 Å². The third-order valence-corrected chi connectivity index (χ3v) is 5.73. The fourth-order valence-electron chi connectivity index (χ4n) is 3.87. The second kappa shape index (κ2) is 22.7. The predicted molar refractivity (Wildman–Crippen MR) is 123 cm³/mol. The van der Waals surface area contributed by atoms with Gasteiger partial charge in [0, 0.05) is 6.42 Å². The van der Waals surface area contributed by atoms with E-state index in [1.54, 1.807) is 0 Å². The summed E-state index contributed by atoms with van der Waals surface area (Å²) in [5, 5.41) is 12.1. The number of unbranched alkanes of at least 4 members (excludes halogenated alkanes) is 16. The van der Waals surface area contributed by atoms with Gasteiger partial charge in [0.25, 0.3) is 0 Å². The first-order valence-corrected chi connectivity index (χ1v) is 12.6. The number of hydrogen-bond donors (Lipinski definition) is 2. The lowest BCUT2D eigenvalue weighted by atomic mass is 10.0. The lowest BCUT2D eigenvalue weighted by Gasteiger charge is -2.15. The van der Waals surface area contributed by atoms with E-state index < -0.39 is 0 Å². The summed E-state index contributed by atoms with van der Waals surface area (Å²) in [6.07, 6.45) is 25.6. The van der Waals surface area contributed by atoms with Gasteiger partial charge in [0.05, 0.1) is 12.6 Å². The molecule has 3 nitrogen and oxygen atoms in total. The average molecular weight is 398 g/mol. The maximum absolute atomic E-state index is 11.8. The highest BCUT2D eigenvalue weighted by atomic mass is 16.3. The summed E-state index contributed by atoms with van der Waals surface area (Å²) < 4.78 is 0. The van der Waals surface area contributed by atoms with E-state index in [4.69, 9.17) is 0 Å². The van der Waals surface area contributed by atoms with Gasteiger partial charge in [-0.15, -0.1) is 0 Å². The molecule has 3 heteroatoms. The molecule has 0 bridgehead atoms. The van der Waals surface area contributed by atoms with Crippen LogP contribution in [-0.2, 0) is 4.79 Å². The molecule has 0 aliphatic rings. The van der Waals surface area contributed by atoms with Crippen molar-refractivity contribution in [2.75, 3.05) is 6.61 Å². The molecule has 0 heterocycles. The Labute approximate surface area is 176 Å². The lowest BCUT2D eigenvalue weighted by molar-refractivity contribution is -0.122. The second-order valence-electron chi connectivity index (χ2n) is 8.64. The molecule has 28 heavy (non-hydrogen) atoms. The summed E-state index contributed by atoms with van der Waals surface area (Å²) in [5.41, 5.74) is 0. The molecule has 0 aromatic carbocycles. The first-order valence-electron chi connectivity index (χ1n) is 12.6. The third-order valence-electron chi connectivity index (χ3n) is 5.73. The van der Waals surface area contributed by atoms with E-state index in [0.29, 0.717) is 6.42 Å². The number of aliphatic hydroxyl groups is 1. The average Bonchev–Trinajstić information content (AvgIpc) is 2.70. The third kappa shape index (κ3) is 20.2. The molecule has 1 atom stereocenters. The van der Waals surface area contributed by atoms with Gasteiger partial charge in [-0.25, -0.2) is 0 Å². The Balaban J connectivity index is 3.20. The van der Waals surface area contributed by atoms with Crippen LogP contribution >= 0.6 is 0 Å². The zero-order chi connectivity index (χ0) is 20.7. The number of amides is 1. The van der Waals surface area contributed by atoms with Crippen molar-refractivity contribution < 1.29 is 9.90 Å². The topological polar surface area (TPSA) is 49.3 Å². The van der Waals surface area contributed by atoms with Gasteiger partial charge in [-0.05, 0) is 12.8 Å². The molecule has 0 aliphatic heterocycles. The fraction of sp³-hybridized carbons (Fsp3) is 0.960. The Kier molecular flexibility index (Phi) is 22.3. The number of rotatable bonds is 22. The van der Waals surface area contributed by atoms with Crippen LogP contribution < -0.4 is 5.32 Å². The molecule has 0 radical (unpaired) electrons. The smallest absolute Gasteiger partial charge is 0.220 e. The molecule has 0 fully saturated rings. The number of hydrogen-bond acceptors (Lipinski definition) is 2. The Morgan fingerprint density at radius 2 is 1.04 bits per heavy atom. The number of carbonyl (C=O) groups is 1. The van der Waals surface area contributed by atoms with E-state index in [9.17, 15) is 9.90 Å². The van der Waals surface area contributed by atoms with Crippen LogP contribution in [0.2, 0.25) is 0 Å². The van der Waals surface area contributed by atoms with Crippen LogP contribution in [0, 0.1) is 0 Å². The van der Waals surface area contributed by atoms with Crippen molar-refractivity contribution in [2.24, 2.45) is 0 Å². The van der Waals surface area contributed by atoms with Gasteiger partial charge in [0.1, 0.15) is 0 Å². The molecule has 0 saturated carbocycles. The van der Waals surface area contributed by atoms with Crippen LogP contribution in [0.5, 0.6) is 0 Å². The van der Waals surface area contributed by atoms with E-state index in [1.807, 2.05) is 0 Å². The summed E-state index contributed by atoms with van der Waals surface area (Å²) in [4.78, 5) is 11.8. The monoisotopic (exact) mass is 397 g/mol. The van der Waals surface area contributed by atoms with Crippen molar-refractivity contribution in [1.82, 2.24) is 5.32 Å². The fourth-order valence-corrected chi connectivity index (χ4v) is 3.87. The normalized spacial score (nSPS) is 12.2. The van der Waals surface area contributed by atoms with Crippen LogP contribution in [0.3, 0.4) is 0 Å². The van der Waals surface area contributed by atoms with E-state index in [0.717, 1.165) is 25.7 Å². The Hall–Kier alpha value is -0.570. The lowest BCUT2D eigenvalue weighted by Crippen LogP contribution is -2.37. The van der Waals surface area contributed by atoms with Gasteiger partial charge in [-0.1, -0.05) is 123 Å². The van der Waals surface area contributed by atoms with Crippen LogP contribution in [0.15, 0.2) is 0 Å². The summed E-state index contributed by atoms with van der Waals surface area (Å²) in [6.45, 7) is 4.41. The number of carbonyl (C=O) groups excluding carboxylic acids is 1. The SMILES string of the molecule is CCCCCCCCCCCCCCCCCCCC(=O)NC(CO)CCC. The molecule has 2 N–H and O–H groups in total. The first-order chi connectivity index (χ1) is 13.7. The standard InChI is InChI=1S/C25H51NO2/c1-3-5-6-7-8-9-10-11-12-13-14-15-16-17-18-19-20-22-25(28)26-24(23-27)21-4-2/h24,27H,3-23H2,1-2H3,(H,26,28). The van der Waals surface area contributed by atoms with Gasteiger partial charge in [-0.2, -0.15) is 0 Å². The van der Waals surface area contributed by atoms with Gasteiger partial charge in [0.15, 0.2) is 0 Å². The molecule has 168 valence electrons. The quantitative estimate of drug-likeness (QED) is 0.188. The molecule has 0 aromatic heterocycles. The zero-order valence-electron chi connectivity index (χ0n) is 19.3.